The number of amides is 1. The lowest BCUT2D eigenvalue weighted by Crippen LogP contribution is -2.52. The fourth-order valence-electron chi connectivity index (χ4n) is 3.50. The van der Waals surface area contributed by atoms with E-state index in [1.165, 1.54) is 12.8 Å². The van der Waals surface area contributed by atoms with E-state index in [9.17, 15) is 4.79 Å². The summed E-state index contributed by atoms with van der Waals surface area (Å²) < 4.78 is 0. The number of hydrogen-bond donors (Lipinski definition) is 1. The SMILES string of the molecule is CC1CCCC(N)C1C(=O)N1CCCCC1C. The summed E-state index contributed by atoms with van der Waals surface area (Å²) in [5.41, 5.74) is 6.17. The maximum atomic E-state index is 12.6. The van der Waals surface area contributed by atoms with Gasteiger partial charge in [-0.2, -0.15) is 0 Å². The second-order valence-corrected chi connectivity index (χ2v) is 5.97. The van der Waals surface area contributed by atoms with Gasteiger partial charge in [0.2, 0.25) is 5.91 Å². The van der Waals surface area contributed by atoms with Crippen LogP contribution in [0.15, 0.2) is 0 Å². The standard InChI is InChI=1S/C14H26N2O/c1-10-6-5-8-12(15)13(10)14(17)16-9-4-3-7-11(16)2/h10-13H,3-9,15H2,1-2H3. The number of hydrogen-bond acceptors (Lipinski definition) is 2. The molecule has 0 aromatic carbocycles. The summed E-state index contributed by atoms with van der Waals surface area (Å²) in [7, 11) is 0. The van der Waals surface area contributed by atoms with E-state index in [2.05, 4.69) is 18.7 Å². The van der Waals surface area contributed by atoms with Crippen LogP contribution in [0.5, 0.6) is 0 Å². The smallest absolute Gasteiger partial charge is 0.227 e. The number of nitrogens with zero attached hydrogens (tertiary/aromatic N) is 1. The fourth-order valence-corrected chi connectivity index (χ4v) is 3.50. The average molecular weight is 238 g/mol. The Morgan fingerprint density at radius 1 is 1.12 bits per heavy atom. The van der Waals surface area contributed by atoms with Crippen molar-refractivity contribution in [2.75, 3.05) is 6.54 Å². The van der Waals surface area contributed by atoms with Crippen LogP contribution in [0.2, 0.25) is 0 Å². The van der Waals surface area contributed by atoms with E-state index >= 15 is 0 Å². The molecule has 1 aliphatic carbocycles. The molecular formula is C14H26N2O. The van der Waals surface area contributed by atoms with Crippen molar-refractivity contribution in [3.63, 3.8) is 0 Å². The second-order valence-electron chi connectivity index (χ2n) is 5.97. The quantitative estimate of drug-likeness (QED) is 0.761. The van der Waals surface area contributed by atoms with Crippen LogP contribution in [-0.4, -0.2) is 29.4 Å². The zero-order chi connectivity index (χ0) is 12.4. The molecule has 4 atom stereocenters. The molecule has 98 valence electrons. The average Bonchev–Trinajstić information content (AvgIpc) is 2.29. The van der Waals surface area contributed by atoms with Crippen molar-refractivity contribution in [1.29, 1.82) is 0 Å². The van der Waals surface area contributed by atoms with Crippen LogP contribution in [0.1, 0.15) is 52.4 Å². The number of nitrogens with two attached hydrogens (primary N) is 1. The highest BCUT2D eigenvalue weighted by Crippen LogP contribution is 2.32. The maximum Gasteiger partial charge on any atom is 0.227 e. The van der Waals surface area contributed by atoms with Gasteiger partial charge < -0.3 is 10.6 Å². The van der Waals surface area contributed by atoms with Gasteiger partial charge >= 0.3 is 0 Å². The molecule has 1 aliphatic heterocycles. The van der Waals surface area contributed by atoms with Gasteiger partial charge in [0, 0.05) is 18.6 Å². The van der Waals surface area contributed by atoms with Crippen LogP contribution in [-0.2, 0) is 4.79 Å². The third-order valence-corrected chi connectivity index (χ3v) is 4.64. The molecule has 3 heteroatoms. The minimum absolute atomic E-state index is 0.0734. The van der Waals surface area contributed by atoms with E-state index in [-0.39, 0.29) is 12.0 Å². The Morgan fingerprint density at radius 3 is 2.53 bits per heavy atom. The number of rotatable bonds is 1. The molecule has 0 aromatic heterocycles. The molecule has 4 unspecified atom stereocenters. The van der Waals surface area contributed by atoms with E-state index in [1.807, 2.05) is 0 Å². The number of piperidine rings is 1. The van der Waals surface area contributed by atoms with E-state index in [0.29, 0.717) is 17.9 Å². The molecule has 17 heavy (non-hydrogen) atoms. The minimum atomic E-state index is 0.0734. The summed E-state index contributed by atoms with van der Waals surface area (Å²) >= 11 is 0. The van der Waals surface area contributed by atoms with Crippen molar-refractivity contribution in [3.05, 3.63) is 0 Å². The van der Waals surface area contributed by atoms with Crippen LogP contribution in [0.4, 0.5) is 0 Å². The van der Waals surface area contributed by atoms with Gasteiger partial charge in [-0.1, -0.05) is 13.3 Å². The Hall–Kier alpha value is -0.570. The van der Waals surface area contributed by atoms with E-state index in [4.69, 9.17) is 5.73 Å². The highest BCUT2D eigenvalue weighted by Gasteiger charge is 2.38. The van der Waals surface area contributed by atoms with Gasteiger partial charge in [-0.15, -0.1) is 0 Å². The highest BCUT2D eigenvalue weighted by atomic mass is 16.2. The molecule has 3 nitrogen and oxygen atoms in total. The molecule has 0 spiro atoms. The maximum absolute atomic E-state index is 12.6. The molecule has 0 bridgehead atoms. The minimum Gasteiger partial charge on any atom is -0.340 e. The van der Waals surface area contributed by atoms with Gasteiger partial charge in [0.05, 0.1) is 5.92 Å². The summed E-state index contributed by atoms with van der Waals surface area (Å²) in [6, 6.07) is 0.498. The first kappa shape index (κ1) is 12.9. The second kappa shape index (κ2) is 5.38. The summed E-state index contributed by atoms with van der Waals surface area (Å²) in [5.74, 6) is 0.863. The lowest BCUT2D eigenvalue weighted by atomic mass is 9.76. The first-order chi connectivity index (χ1) is 8.11. The molecule has 0 radical (unpaired) electrons. The Morgan fingerprint density at radius 2 is 1.88 bits per heavy atom. The first-order valence-corrected chi connectivity index (χ1v) is 7.17. The third kappa shape index (κ3) is 2.65. The van der Waals surface area contributed by atoms with Gasteiger partial charge in [-0.25, -0.2) is 0 Å². The monoisotopic (exact) mass is 238 g/mol. The van der Waals surface area contributed by atoms with Gasteiger partial charge in [0.15, 0.2) is 0 Å². The van der Waals surface area contributed by atoms with Crippen molar-refractivity contribution >= 4 is 5.91 Å². The van der Waals surface area contributed by atoms with Crippen molar-refractivity contribution in [1.82, 2.24) is 4.90 Å². The van der Waals surface area contributed by atoms with Crippen LogP contribution in [0.25, 0.3) is 0 Å². The van der Waals surface area contributed by atoms with E-state index in [1.54, 1.807) is 0 Å². The van der Waals surface area contributed by atoms with Gasteiger partial charge in [0.1, 0.15) is 0 Å². The number of carbonyl (C=O) groups is 1. The van der Waals surface area contributed by atoms with Crippen LogP contribution in [0, 0.1) is 11.8 Å². The Balaban J connectivity index is 2.06. The first-order valence-electron chi connectivity index (χ1n) is 7.17. The van der Waals surface area contributed by atoms with Crippen LogP contribution in [0.3, 0.4) is 0 Å². The molecule has 2 rings (SSSR count). The fraction of sp³-hybridized carbons (Fsp3) is 0.929. The Labute approximate surface area is 105 Å². The lowest BCUT2D eigenvalue weighted by molar-refractivity contribution is -0.142. The molecular weight excluding hydrogens is 212 g/mol. The molecule has 1 saturated carbocycles. The summed E-state index contributed by atoms with van der Waals surface area (Å²) in [6.07, 6.45) is 6.93. The normalized spacial score (nSPS) is 39.1. The molecule has 1 heterocycles. The molecule has 0 aromatic rings. The Bertz CT molecular complexity index is 269. The zero-order valence-corrected chi connectivity index (χ0v) is 11.2. The largest absolute Gasteiger partial charge is 0.340 e. The molecule has 2 fully saturated rings. The molecule has 1 saturated heterocycles. The highest BCUT2D eigenvalue weighted by molar-refractivity contribution is 5.80. The molecule has 2 aliphatic rings. The van der Waals surface area contributed by atoms with Gasteiger partial charge in [0.25, 0.3) is 0 Å². The molecule has 1 amide bonds. The topological polar surface area (TPSA) is 46.3 Å². The lowest BCUT2D eigenvalue weighted by Gasteiger charge is -2.41. The summed E-state index contributed by atoms with van der Waals surface area (Å²) in [6.45, 7) is 5.31. The Kier molecular flexibility index (Phi) is 4.08. The number of carbonyl (C=O) groups excluding carboxylic acids is 1. The van der Waals surface area contributed by atoms with Crippen LogP contribution < -0.4 is 5.73 Å². The number of likely N-dealkylation sites (tertiary alicyclic amines) is 1. The van der Waals surface area contributed by atoms with Gasteiger partial charge in [-0.05, 0) is 44.9 Å². The van der Waals surface area contributed by atoms with Crippen molar-refractivity contribution in [2.24, 2.45) is 17.6 Å². The summed E-state index contributed by atoms with van der Waals surface area (Å²) in [4.78, 5) is 14.7. The van der Waals surface area contributed by atoms with Crippen molar-refractivity contribution in [3.8, 4) is 0 Å². The van der Waals surface area contributed by atoms with E-state index in [0.717, 1.165) is 32.2 Å². The summed E-state index contributed by atoms with van der Waals surface area (Å²) in [5, 5.41) is 0. The van der Waals surface area contributed by atoms with Crippen molar-refractivity contribution in [2.45, 2.75) is 64.5 Å². The van der Waals surface area contributed by atoms with Crippen molar-refractivity contribution < 1.29 is 4.79 Å². The predicted molar refractivity (Wildman–Crippen MR) is 69.5 cm³/mol. The van der Waals surface area contributed by atoms with Crippen LogP contribution >= 0.6 is 0 Å². The van der Waals surface area contributed by atoms with E-state index < -0.39 is 0 Å². The third-order valence-electron chi connectivity index (χ3n) is 4.64. The zero-order valence-electron chi connectivity index (χ0n) is 11.2. The molecule has 2 N–H and O–H groups in total. The predicted octanol–water partition coefficient (Wildman–Crippen LogP) is 2.15. The van der Waals surface area contributed by atoms with Gasteiger partial charge in [-0.3, -0.25) is 4.79 Å².